The Hall–Kier alpha value is -4.27. The molecule has 154 valence electrons. The molecule has 0 atom stereocenters. The van der Waals surface area contributed by atoms with Crippen molar-refractivity contribution in [3.8, 4) is 11.1 Å². The first-order chi connectivity index (χ1) is 14.8. The number of carbonyl (C=O) groups excluding carboxylic acids is 2. The van der Waals surface area contributed by atoms with E-state index < -0.39 is 34.8 Å². The van der Waals surface area contributed by atoms with Crippen LogP contribution in [0.25, 0.3) is 28.2 Å². The molecular formula is C22H13F3N4O2. The highest BCUT2D eigenvalue weighted by Gasteiger charge is 2.18. The molecule has 1 amide bonds. The minimum Gasteiger partial charge on any atom is -0.366 e. The zero-order valence-corrected chi connectivity index (χ0v) is 15.7. The van der Waals surface area contributed by atoms with Crippen LogP contribution in [0.3, 0.4) is 0 Å². The molecular weight excluding hydrogens is 409 g/mol. The van der Waals surface area contributed by atoms with Crippen LogP contribution in [0.1, 0.15) is 21.6 Å². The maximum absolute atomic E-state index is 14.7. The van der Waals surface area contributed by atoms with Gasteiger partial charge in [0.15, 0.2) is 17.5 Å². The lowest BCUT2D eigenvalue weighted by molar-refractivity contribution is -0.113. The molecule has 4 aromatic rings. The molecule has 3 aromatic heterocycles. The number of benzene rings is 1. The molecule has 3 heterocycles. The number of hydrogen-bond donors (Lipinski definition) is 2. The lowest BCUT2D eigenvalue weighted by atomic mass is 10.0. The van der Waals surface area contributed by atoms with E-state index in [1.807, 2.05) is 0 Å². The highest BCUT2D eigenvalue weighted by atomic mass is 19.2. The van der Waals surface area contributed by atoms with Crippen molar-refractivity contribution < 1.29 is 22.8 Å². The fraction of sp³-hybridized carbons (Fsp3) is 0. The monoisotopic (exact) mass is 422 g/mol. The summed E-state index contributed by atoms with van der Waals surface area (Å²) in [4.78, 5) is 34.5. The predicted octanol–water partition coefficient (Wildman–Crippen LogP) is 3.77. The molecule has 0 spiro atoms. The molecule has 0 bridgehead atoms. The van der Waals surface area contributed by atoms with Crippen LogP contribution in [0.5, 0.6) is 0 Å². The van der Waals surface area contributed by atoms with E-state index >= 15 is 0 Å². The Morgan fingerprint density at radius 2 is 1.68 bits per heavy atom. The normalized spacial score (nSPS) is 11.3. The number of H-pyrrole nitrogens is 1. The van der Waals surface area contributed by atoms with Crippen molar-refractivity contribution in [1.29, 1.82) is 0 Å². The van der Waals surface area contributed by atoms with Crippen molar-refractivity contribution in [3.63, 3.8) is 0 Å². The fourth-order valence-corrected chi connectivity index (χ4v) is 3.03. The van der Waals surface area contributed by atoms with E-state index in [2.05, 4.69) is 15.0 Å². The number of halogens is 3. The summed E-state index contributed by atoms with van der Waals surface area (Å²) in [6.07, 6.45) is 7.14. The van der Waals surface area contributed by atoms with Gasteiger partial charge in [0.1, 0.15) is 11.3 Å². The van der Waals surface area contributed by atoms with Crippen LogP contribution in [0.4, 0.5) is 13.2 Å². The van der Waals surface area contributed by atoms with Crippen LogP contribution in [0, 0.1) is 17.5 Å². The molecule has 9 heteroatoms. The number of rotatable bonds is 5. The topological polar surface area (TPSA) is 102 Å². The first-order valence-electron chi connectivity index (χ1n) is 8.94. The predicted molar refractivity (Wildman–Crippen MR) is 107 cm³/mol. The highest BCUT2D eigenvalue weighted by Crippen LogP contribution is 2.26. The van der Waals surface area contributed by atoms with Gasteiger partial charge in [-0.05, 0) is 36.4 Å². The number of carbonyl (C=O) groups is 2. The molecule has 0 aliphatic heterocycles. The Kier molecular flexibility index (Phi) is 5.08. The second-order valence-electron chi connectivity index (χ2n) is 6.61. The van der Waals surface area contributed by atoms with Crippen LogP contribution in [-0.4, -0.2) is 26.6 Å². The number of nitrogens with zero attached hydrogens (tertiary/aromatic N) is 2. The minimum atomic E-state index is -1.21. The zero-order valence-electron chi connectivity index (χ0n) is 15.7. The van der Waals surface area contributed by atoms with E-state index in [9.17, 15) is 22.8 Å². The van der Waals surface area contributed by atoms with E-state index in [4.69, 9.17) is 5.73 Å². The van der Waals surface area contributed by atoms with Crippen LogP contribution >= 0.6 is 0 Å². The van der Waals surface area contributed by atoms with E-state index in [1.165, 1.54) is 24.5 Å². The molecule has 0 fully saturated rings. The molecule has 1 aromatic carbocycles. The summed E-state index contributed by atoms with van der Waals surface area (Å²) in [5.41, 5.74) is 6.44. The Morgan fingerprint density at radius 3 is 2.39 bits per heavy atom. The molecule has 0 radical (unpaired) electrons. The number of amides is 1. The molecule has 3 N–H and O–H groups in total. The average molecular weight is 422 g/mol. The van der Waals surface area contributed by atoms with Gasteiger partial charge in [0.05, 0.1) is 0 Å². The summed E-state index contributed by atoms with van der Waals surface area (Å²) in [6.45, 7) is 0. The summed E-state index contributed by atoms with van der Waals surface area (Å²) in [7, 11) is 0. The molecule has 6 nitrogen and oxygen atoms in total. The second kappa shape index (κ2) is 7.86. The fourth-order valence-electron chi connectivity index (χ4n) is 3.03. The van der Waals surface area contributed by atoms with Gasteiger partial charge in [0.25, 0.3) is 0 Å². The standard InChI is InChI=1S/C22H13F3N4O2/c23-16-3-1-11(6-17(16)24)21(31)20-18(25)7-14(9-27-20)13-5-15-12(2-4-19(26)30)8-28-22(15)29-10-13/h1-10H,(H2,26,30)(H,28,29)/b4-2+. The molecule has 0 unspecified atom stereocenters. The Bertz CT molecular complexity index is 1380. The third kappa shape index (κ3) is 3.93. The van der Waals surface area contributed by atoms with E-state index in [0.717, 1.165) is 18.2 Å². The van der Waals surface area contributed by atoms with Crippen LogP contribution in [0.2, 0.25) is 0 Å². The third-order valence-electron chi connectivity index (χ3n) is 4.56. The van der Waals surface area contributed by atoms with E-state index in [-0.39, 0.29) is 5.56 Å². The van der Waals surface area contributed by atoms with Crippen LogP contribution < -0.4 is 5.73 Å². The average Bonchev–Trinajstić information content (AvgIpc) is 3.16. The summed E-state index contributed by atoms with van der Waals surface area (Å²) in [5, 5.41) is 0.664. The first-order valence-corrected chi connectivity index (χ1v) is 8.94. The van der Waals surface area contributed by atoms with Crippen molar-refractivity contribution in [1.82, 2.24) is 15.0 Å². The van der Waals surface area contributed by atoms with Crippen molar-refractivity contribution in [2.24, 2.45) is 5.73 Å². The summed E-state index contributed by atoms with van der Waals surface area (Å²) >= 11 is 0. The third-order valence-corrected chi connectivity index (χ3v) is 4.56. The van der Waals surface area contributed by atoms with Gasteiger partial charge in [-0.25, -0.2) is 23.1 Å². The maximum Gasteiger partial charge on any atom is 0.241 e. The van der Waals surface area contributed by atoms with Crippen LogP contribution in [0.15, 0.2) is 55.0 Å². The summed E-state index contributed by atoms with van der Waals surface area (Å²) in [5.74, 6) is -4.73. The molecule has 0 saturated heterocycles. The van der Waals surface area contributed by atoms with Gasteiger partial charge in [-0.3, -0.25) is 9.59 Å². The summed E-state index contributed by atoms with van der Waals surface area (Å²) < 4.78 is 41.1. The lowest BCUT2D eigenvalue weighted by Crippen LogP contribution is -2.08. The van der Waals surface area contributed by atoms with Gasteiger partial charge >= 0.3 is 0 Å². The van der Waals surface area contributed by atoms with Gasteiger partial charge in [0, 0.05) is 52.3 Å². The molecule has 0 aliphatic carbocycles. The number of ketones is 1. The number of nitrogens with one attached hydrogen (secondary N) is 1. The highest BCUT2D eigenvalue weighted by molar-refractivity contribution is 6.08. The molecule has 0 aliphatic rings. The van der Waals surface area contributed by atoms with Crippen molar-refractivity contribution >= 4 is 28.8 Å². The van der Waals surface area contributed by atoms with Gasteiger partial charge in [-0.1, -0.05) is 0 Å². The Balaban J connectivity index is 1.69. The van der Waals surface area contributed by atoms with E-state index in [1.54, 1.807) is 12.3 Å². The van der Waals surface area contributed by atoms with Crippen molar-refractivity contribution in [2.75, 3.05) is 0 Å². The SMILES string of the molecule is NC(=O)/C=C/c1c[nH]c2ncc(-c3cnc(C(=O)c4ccc(F)c(F)c4)c(F)c3)cc12. The Labute approximate surface area is 173 Å². The number of aromatic amines is 1. The van der Waals surface area contributed by atoms with E-state index in [0.29, 0.717) is 33.8 Å². The number of fused-ring (bicyclic) bond motifs is 1. The molecule has 0 saturated carbocycles. The zero-order chi connectivity index (χ0) is 22.1. The van der Waals surface area contributed by atoms with Crippen LogP contribution in [-0.2, 0) is 4.79 Å². The summed E-state index contributed by atoms with van der Waals surface area (Å²) in [6, 6.07) is 5.36. The first kappa shape index (κ1) is 20.0. The number of pyridine rings is 2. The quantitative estimate of drug-likeness (QED) is 0.378. The minimum absolute atomic E-state index is 0.223. The van der Waals surface area contributed by atoms with Gasteiger partial charge in [0.2, 0.25) is 11.7 Å². The maximum atomic E-state index is 14.7. The number of nitrogens with two attached hydrogens (primary N) is 1. The van der Waals surface area contributed by atoms with Gasteiger partial charge in [-0.15, -0.1) is 0 Å². The largest absolute Gasteiger partial charge is 0.366 e. The van der Waals surface area contributed by atoms with Gasteiger partial charge < -0.3 is 10.7 Å². The number of aromatic nitrogens is 3. The van der Waals surface area contributed by atoms with Gasteiger partial charge in [-0.2, -0.15) is 0 Å². The Morgan fingerprint density at radius 1 is 0.935 bits per heavy atom. The lowest BCUT2D eigenvalue weighted by Gasteiger charge is -2.06. The molecule has 4 rings (SSSR count). The van der Waals surface area contributed by atoms with Crippen molar-refractivity contribution in [2.45, 2.75) is 0 Å². The number of primary amides is 1. The molecule has 31 heavy (non-hydrogen) atoms. The second-order valence-corrected chi connectivity index (χ2v) is 6.61. The smallest absolute Gasteiger partial charge is 0.241 e. The number of hydrogen-bond acceptors (Lipinski definition) is 4. The van der Waals surface area contributed by atoms with Crippen molar-refractivity contribution in [3.05, 3.63) is 89.3 Å².